The number of nitrogens with one attached hydrogen (secondary N) is 1. The summed E-state index contributed by atoms with van der Waals surface area (Å²) in [6.45, 7) is 5.56. The maximum Gasteiger partial charge on any atom is 0.168 e. The highest BCUT2D eigenvalue weighted by atomic mass is 16.5. The molecule has 1 aliphatic rings. The number of ketones is 1. The molecule has 3 nitrogen and oxygen atoms in total. The average molecular weight is 219 g/mol. The van der Waals surface area contributed by atoms with E-state index < -0.39 is 0 Å². The van der Waals surface area contributed by atoms with Crippen LogP contribution in [-0.2, 0) is 0 Å². The Labute approximate surface area is 95.8 Å². The molecule has 1 heterocycles. The number of hydrogen-bond donors (Lipinski definition) is 1. The SMILES string of the molecule is COc1c(C)cc(C(=O)C2CNC2)cc1C. The van der Waals surface area contributed by atoms with Gasteiger partial charge in [0.05, 0.1) is 7.11 Å². The van der Waals surface area contributed by atoms with Crippen molar-refractivity contribution < 1.29 is 9.53 Å². The van der Waals surface area contributed by atoms with Crippen LogP contribution >= 0.6 is 0 Å². The maximum absolute atomic E-state index is 12.1. The van der Waals surface area contributed by atoms with Crippen molar-refractivity contribution in [3.05, 3.63) is 28.8 Å². The van der Waals surface area contributed by atoms with E-state index in [-0.39, 0.29) is 11.7 Å². The molecule has 1 aromatic carbocycles. The predicted octanol–water partition coefficient (Wildman–Crippen LogP) is 1.71. The lowest BCUT2D eigenvalue weighted by Crippen LogP contribution is -2.46. The van der Waals surface area contributed by atoms with Gasteiger partial charge in [-0.3, -0.25) is 4.79 Å². The number of rotatable bonds is 3. The number of carbonyl (C=O) groups excluding carboxylic acids is 1. The lowest BCUT2D eigenvalue weighted by molar-refractivity contribution is 0.0878. The molecule has 0 unspecified atom stereocenters. The molecule has 1 N–H and O–H groups in total. The maximum atomic E-state index is 12.1. The molecule has 1 aromatic rings. The Morgan fingerprint density at radius 3 is 2.25 bits per heavy atom. The third-order valence-corrected chi connectivity index (χ3v) is 3.10. The van der Waals surface area contributed by atoms with Gasteiger partial charge in [0.15, 0.2) is 5.78 Å². The highest BCUT2D eigenvalue weighted by Crippen LogP contribution is 2.26. The zero-order valence-corrected chi connectivity index (χ0v) is 9.96. The Hall–Kier alpha value is -1.35. The summed E-state index contributed by atoms with van der Waals surface area (Å²) in [5.74, 6) is 1.28. The van der Waals surface area contributed by atoms with Crippen molar-refractivity contribution in [3.63, 3.8) is 0 Å². The van der Waals surface area contributed by atoms with Crippen molar-refractivity contribution in [2.24, 2.45) is 5.92 Å². The molecule has 0 aliphatic carbocycles. The molecule has 2 rings (SSSR count). The van der Waals surface area contributed by atoms with Crippen LogP contribution in [0.2, 0.25) is 0 Å². The largest absolute Gasteiger partial charge is 0.496 e. The Kier molecular flexibility index (Phi) is 2.97. The molecule has 0 saturated carbocycles. The van der Waals surface area contributed by atoms with Gasteiger partial charge in [-0.15, -0.1) is 0 Å². The summed E-state index contributed by atoms with van der Waals surface area (Å²) in [7, 11) is 1.66. The summed E-state index contributed by atoms with van der Waals surface area (Å²) in [5.41, 5.74) is 2.86. The molecule has 1 aliphatic heterocycles. The second kappa shape index (κ2) is 4.26. The van der Waals surface area contributed by atoms with Gasteiger partial charge in [-0.1, -0.05) is 0 Å². The quantitative estimate of drug-likeness (QED) is 0.787. The number of benzene rings is 1. The van der Waals surface area contributed by atoms with Gasteiger partial charge in [-0.05, 0) is 37.1 Å². The van der Waals surface area contributed by atoms with E-state index in [4.69, 9.17) is 4.74 Å². The van der Waals surface area contributed by atoms with Gasteiger partial charge in [0.25, 0.3) is 0 Å². The van der Waals surface area contributed by atoms with E-state index in [0.717, 1.165) is 35.5 Å². The lowest BCUT2D eigenvalue weighted by atomic mass is 9.91. The van der Waals surface area contributed by atoms with Gasteiger partial charge in [0.2, 0.25) is 0 Å². The zero-order chi connectivity index (χ0) is 11.7. The molecule has 0 radical (unpaired) electrons. The molecule has 0 aromatic heterocycles. The van der Waals surface area contributed by atoms with Crippen LogP contribution in [0.4, 0.5) is 0 Å². The van der Waals surface area contributed by atoms with E-state index in [2.05, 4.69) is 5.32 Å². The first-order chi connectivity index (χ1) is 7.63. The molecule has 16 heavy (non-hydrogen) atoms. The summed E-state index contributed by atoms with van der Waals surface area (Å²) < 4.78 is 5.29. The summed E-state index contributed by atoms with van der Waals surface area (Å²) in [6, 6.07) is 3.85. The highest BCUT2D eigenvalue weighted by Gasteiger charge is 2.26. The van der Waals surface area contributed by atoms with Crippen LogP contribution in [0.5, 0.6) is 5.75 Å². The van der Waals surface area contributed by atoms with Crippen LogP contribution in [0.1, 0.15) is 21.5 Å². The van der Waals surface area contributed by atoms with Crippen LogP contribution < -0.4 is 10.1 Å². The van der Waals surface area contributed by atoms with Crippen LogP contribution in [0.25, 0.3) is 0 Å². The standard InChI is InChI=1S/C13H17NO2/c1-8-4-10(5-9(2)13(8)16-3)12(15)11-6-14-7-11/h4-5,11,14H,6-7H2,1-3H3. The number of ether oxygens (including phenoxy) is 1. The third-order valence-electron chi connectivity index (χ3n) is 3.10. The normalized spacial score (nSPS) is 15.7. The second-order valence-electron chi connectivity index (χ2n) is 4.36. The minimum Gasteiger partial charge on any atom is -0.496 e. The van der Waals surface area contributed by atoms with Crippen molar-refractivity contribution >= 4 is 5.78 Å². The van der Waals surface area contributed by atoms with Crippen molar-refractivity contribution in [1.29, 1.82) is 0 Å². The number of Topliss-reactive ketones (excluding diaryl/α,β-unsaturated/α-hetero) is 1. The minimum absolute atomic E-state index is 0.159. The first-order valence-electron chi connectivity index (χ1n) is 5.53. The zero-order valence-electron chi connectivity index (χ0n) is 9.96. The lowest BCUT2D eigenvalue weighted by Gasteiger charge is -2.26. The van der Waals surface area contributed by atoms with Gasteiger partial charge >= 0.3 is 0 Å². The topological polar surface area (TPSA) is 38.3 Å². The van der Waals surface area contributed by atoms with E-state index in [1.165, 1.54) is 0 Å². The first kappa shape index (κ1) is 11.1. The third kappa shape index (κ3) is 1.83. The Balaban J connectivity index is 2.31. The second-order valence-corrected chi connectivity index (χ2v) is 4.36. The van der Waals surface area contributed by atoms with Crippen LogP contribution in [0.3, 0.4) is 0 Å². The van der Waals surface area contributed by atoms with E-state index in [0.29, 0.717) is 0 Å². The van der Waals surface area contributed by atoms with E-state index in [9.17, 15) is 4.79 Å². The Morgan fingerprint density at radius 1 is 1.31 bits per heavy atom. The van der Waals surface area contributed by atoms with E-state index >= 15 is 0 Å². The molecule has 1 saturated heterocycles. The van der Waals surface area contributed by atoms with Gasteiger partial charge in [-0.25, -0.2) is 0 Å². The van der Waals surface area contributed by atoms with Crippen LogP contribution in [0, 0.1) is 19.8 Å². The molecule has 1 fully saturated rings. The van der Waals surface area contributed by atoms with E-state index in [1.807, 2.05) is 26.0 Å². The van der Waals surface area contributed by atoms with Crippen molar-refractivity contribution in [2.45, 2.75) is 13.8 Å². The number of methoxy groups -OCH3 is 1. The van der Waals surface area contributed by atoms with Gasteiger partial charge in [0.1, 0.15) is 5.75 Å². The molecule has 0 amide bonds. The van der Waals surface area contributed by atoms with Crippen molar-refractivity contribution in [1.82, 2.24) is 5.32 Å². The molecule has 0 atom stereocenters. The fourth-order valence-electron chi connectivity index (χ4n) is 2.12. The predicted molar refractivity (Wildman–Crippen MR) is 63.2 cm³/mol. The number of carbonyl (C=O) groups is 1. The van der Waals surface area contributed by atoms with Crippen molar-refractivity contribution in [3.8, 4) is 5.75 Å². The summed E-state index contributed by atoms with van der Waals surface area (Å²) in [5, 5.41) is 3.12. The average Bonchev–Trinajstić information content (AvgIpc) is 2.14. The Morgan fingerprint density at radius 2 is 1.88 bits per heavy atom. The first-order valence-corrected chi connectivity index (χ1v) is 5.53. The number of hydrogen-bond acceptors (Lipinski definition) is 3. The molecular weight excluding hydrogens is 202 g/mol. The van der Waals surface area contributed by atoms with Crippen LogP contribution in [0.15, 0.2) is 12.1 Å². The molecular formula is C13H17NO2. The molecule has 0 spiro atoms. The molecule has 0 bridgehead atoms. The fraction of sp³-hybridized carbons (Fsp3) is 0.462. The summed E-state index contributed by atoms with van der Waals surface area (Å²) in [6.07, 6.45) is 0. The summed E-state index contributed by atoms with van der Waals surface area (Å²) in [4.78, 5) is 12.1. The van der Waals surface area contributed by atoms with Crippen LogP contribution in [-0.4, -0.2) is 26.0 Å². The summed E-state index contributed by atoms with van der Waals surface area (Å²) >= 11 is 0. The Bertz CT molecular complexity index is 399. The smallest absolute Gasteiger partial charge is 0.168 e. The minimum atomic E-state index is 0.159. The van der Waals surface area contributed by atoms with Gasteiger partial charge < -0.3 is 10.1 Å². The van der Waals surface area contributed by atoms with Gasteiger partial charge in [-0.2, -0.15) is 0 Å². The van der Waals surface area contributed by atoms with Crippen molar-refractivity contribution in [2.75, 3.05) is 20.2 Å². The van der Waals surface area contributed by atoms with Gasteiger partial charge in [0, 0.05) is 24.6 Å². The molecule has 3 heteroatoms. The monoisotopic (exact) mass is 219 g/mol. The highest BCUT2D eigenvalue weighted by molar-refractivity contribution is 5.99. The molecule has 86 valence electrons. The number of aryl methyl sites for hydroxylation is 2. The van der Waals surface area contributed by atoms with E-state index in [1.54, 1.807) is 7.11 Å². The fourth-order valence-corrected chi connectivity index (χ4v) is 2.12.